The summed E-state index contributed by atoms with van der Waals surface area (Å²) in [7, 11) is 0. The Morgan fingerprint density at radius 2 is 1.36 bits per heavy atom. The zero-order valence-electron chi connectivity index (χ0n) is 13.6. The van der Waals surface area contributed by atoms with Crippen LogP contribution >= 0.6 is 0 Å². The lowest BCUT2D eigenvalue weighted by atomic mass is 9.92. The van der Waals surface area contributed by atoms with E-state index in [2.05, 4.69) is 0 Å². The van der Waals surface area contributed by atoms with Crippen LogP contribution in [0.15, 0.2) is 78.9 Å². The van der Waals surface area contributed by atoms with E-state index < -0.39 is 0 Å². The van der Waals surface area contributed by atoms with Crippen molar-refractivity contribution in [2.75, 3.05) is 0 Å². The molecule has 0 bridgehead atoms. The molecule has 120 valence electrons. The van der Waals surface area contributed by atoms with Gasteiger partial charge in [0.1, 0.15) is 6.29 Å². The van der Waals surface area contributed by atoms with Gasteiger partial charge in [-0.05, 0) is 27.1 Å². The van der Waals surface area contributed by atoms with Crippen molar-refractivity contribution >= 4 is 33.6 Å². The van der Waals surface area contributed by atoms with Crippen molar-refractivity contribution in [1.82, 2.24) is 0 Å². The van der Waals surface area contributed by atoms with Crippen molar-refractivity contribution in [1.29, 1.82) is 0 Å². The molecule has 0 spiro atoms. The maximum Gasteiger partial charge on any atom is 0.167 e. The molecule has 25 heavy (non-hydrogen) atoms. The Balaban J connectivity index is 1.83. The monoisotopic (exact) mass is 324 g/mol. The smallest absolute Gasteiger partial charge is 0.167 e. The summed E-state index contributed by atoms with van der Waals surface area (Å²) < 4.78 is 0. The first-order valence-electron chi connectivity index (χ1n) is 8.25. The van der Waals surface area contributed by atoms with Gasteiger partial charge in [0.15, 0.2) is 5.78 Å². The summed E-state index contributed by atoms with van der Waals surface area (Å²) in [5.41, 5.74) is 2.07. The highest BCUT2D eigenvalue weighted by Crippen LogP contribution is 2.25. The van der Waals surface area contributed by atoms with E-state index in [0.717, 1.165) is 33.4 Å². The summed E-state index contributed by atoms with van der Waals surface area (Å²) in [6, 6.07) is 25.2. The van der Waals surface area contributed by atoms with Crippen LogP contribution in [0.1, 0.15) is 26.3 Å². The molecule has 0 aliphatic rings. The molecule has 0 radical (unpaired) electrons. The molecule has 0 aliphatic heterocycles. The third-order valence-corrected chi connectivity index (χ3v) is 4.63. The maximum atomic E-state index is 13.0. The van der Waals surface area contributed by atoms with Gasteiger partial charge in [-0.1, -0.05) is 78.9 Å². The average molecular weight is 324 g/mol. The molecule has 0 atom stereocenters. The number of Topliss-reactive ketones (excluding diaryl/α,β-unsaturated/α-hetero) is 1. The van der Waals surface area contributed by atoms with Crippen LogP contribution in [0.25, 0.3) is 21.5 Å². The van der Waals surface area contributed by atoms with Gasteiger partial charge in [-0.15, -0.1) is 0 Å². The minimum Gasteiger partial charge on any atom is -0.298 e. The lowest BCUT2D eigenvalue weighted by Crippen LogP contribution is -2.07. The highest BCUT2D eigenvalue weighted by Gasteiger charge is 2.15. The highest BCUT2D eigenvalue weighted by molar-refractivity contribution is 6.10. The number of aldehydes is 1. The van der Waals surface area contributed by atoms with Crippen LogP contribution in [0.5, 0.6) is 0 Å². The lowest BCUT2D eigenvalue weighted by Gasteiger charge is -2.10. The van der Waals surface area contributed by atoms with E-state index in [1.807, 2.05) is 72.8 Å². The van der Waals surface area contributed by atoms with Gasteiger partial charge >= 0.3 is 0 Å². The van der Waals surface area contributed by atoms with Gasteiger partial charge in [-0.2, -0.15) is 0 Å². The van der Waals surface area contributed by atoms with Gasteiger partial charge in [-0.25, -0.2) is 0 Å². The third-order valence-electron chi connectivity index (χ3n) is 4.63. The van der Waals surface area contributed by atoms with E-state index in [4.69, 9.17) is 0 Å². The Labute approximate surface area is 145 Å². The second kappa shape index (κ2) is 6.33. The minimum absolute atomic E-state index is 0.0243. The number of rotatable bonds is 4. The van der Waals surface area contributed by atoms with Gasteiger partial charge < -0.3 is 0 Å². The van der Waals surface area contributed by atoms with Crippen molar-refractivity contribution in [3.05, 3.63) is 95.6 Å². The molecule has 0 saturated carbocycles. The fourth-order valence-electron chi connectivity index (χ4n) is 3.38. The van der Waals surface area contributed by atoms with Crippen LogP contribution in [0.4, 0.5) is 0 Å². The van der Waals surface area contributed by atoms with Gasteiger partial charge in [0, 0.05) is 17.5 Å². The average Bonchev–Trinajstić information content (AvgIpc) is 2.67. The van der Waals surface area contributed by atoms with Crippen molar-refractivity contribution in [3.63, 3.8) is 0 Å². The molecule has 4 rings (SSSR count). The second-order valence-electron chi connectivity index (χ2n) is 6.10. The molecule has 4 aromatic rings. The summed E-state index contributed by atoms with van der Waals surface area (Å²) in [6.07, 6.45) is 1.04. The number of hydrogen-bond donors (Lipinski definition) is 0. The quantitative estimate of drug-likeness (QED) is 0.380. The molecule has 0 N–H and O–H groups in total. The standard InChI is InChI=1S/C23H16O2/c24-15-18-13-12-17-7-2-4-10-20(17)22(18)14-23(25)21-11-5-8-16-6-1-3-9-19(16)21/h1-13,15H,14H2. The minimum atomic E-state index is 0.0243. The largest absolute Gasteiger partial charge is 0.298 e. The molecule has 0 fully saturated rings. The van der Waals surface area contributed by atoms with Crippen molar-refractivity contribution < 1.29 is 9.59 Å². The van der Waals surface area contributed by atoms with Crippen LogP contribution in [0.3, 0.4) is 0 Å². The second-order valence-corrected chi connectivity index (χ2v) is 6.10. The molecule has 2 nitrogen and oxygen atoms in total. The summed E-state index contributed by atoms with van der Waals surface area (Å²) in [4.78, 5) is 24.5. The third kappa shape index (κ3) is 2.72. The molecule has 0 amide bonds. The predicted octanol–water partition coefficient (Wildman–Crippen LogP) is 5.23. The molecule has 4 aromatic carbocycles. The Hall–Kier alpha value is -3.26. The molecular formula is C23H16O2. The van der Waals surface area contributed by atoms with Crippen molar-refractivity contribution in [2.45, 2.75) is 6.42 Å². The SMILES string of the molecule is O=Cc1ccc2ccccc2c1CC(=O)c1cccc2ccccc12. The first-order chi connectivity index (χ1) is 12.3. The number of carbonyl (C=O) groups is 2. The van der Waals surface area contributed by atoms with E-state index in [1.165, 1.54) is 0 Å². The van der Waals surface area contributed by atoms with Crippen LogP contribution in [0.2, 0.25) is 0 Å². The molecule has 0 heterocycles. The maximum absolute atomic E-state index is 13.0. The van der Waals surface area contributed by atoms with Crippen molar-refractivity contribution in [2.24, 2.45) is 0 Å². The van der Waals surface area contributed by atoms with Crippen molar-refractivity contribution in [3.8, 4) is 0 Å². The summed E-state index contributed by atoms with van der Waals surface area (Å²) in [5.74, 6) is 0.0243. The van der Waals surface area contributed by atoms with Gasteiger partial charge in [0.25, 0.3) is 0 Å². The summed E-state index contributed by atoms with van der Waals surface area (Å²) >= 11 is 0. The topological polar surface area (TPSA) is 34.1 Å². The Bertz CT molecular complexity index is 1100. The summed E-state index contributed by atoms with van der Waals surface area (Å²) in [6.45, 7) is 0. The molecular weight excluding hydrogens is 308 g/mol. The molecule has 2 heteroatoms. The van der Waals surface area contributed by atoms with Crippen LogP contribution in [-0.2, 0) is 6.42 Å². The first kappa shape index (κ1) is 15.3. The van der Waals surface area contributed by atoms with Crippen LogP contribution < -0.4 is 0 Å². The van der Waals surface area contributed by atoms with E-state index in [9.17, 15) is 9.59 Å². The fraction of sp³-hybridized carbons (Fsp3) is 0.0435. The fourth-order valence-corrected chi connectivity index (χ4v) is 3.38. The predicted molar refractivity (Wildman–Crippen MR) is 101 cm³/mol. The van der Waals surface area contributed by atoms with Gasteiger partial charge in [-0.3, -0.25) is 9.59 Å². The molecule has 0 unspecified atom stereocenters. The number of ketones is 1. The van der Waals surface area contributed by atoms with Gasteiger partial charge in [0.05, 0.1) is 0 Å². The molecule has 0 aliphatic carbocycles. The number of hydrogen-bond acceptors (Lipinski definition) is 2. The Kier molecular flexibility index (Phi) is 3.87. The van der Waals surface area contributed by atoms with E-state index in [0.29, 0.717) is 11.1 Å². The van der Waals surface area contributed by atoms with E-state index >= 15 is 0 Å². The number of fused-ring (bicyclic) bond motifs is 2. The Morgan fingerprint density at radius 1 is 0.720 bits per heavy atom. The summed E-state index contributed by atoms with van der Waals surface area (Å²) in [5, 5.41) is 3.99. The first-order valence-corrected chi connectivity index (χ1v) is 8.25. The van der Waals surface area contributed by atoms with E-state index in [1.54, 1.807) is 6.07 Å². The zero-order chi connectivity index (χ0) is 17.2. The normalized spacial score (nSPS) is 10.9. The zero-order valence-corrected chi connectivity index (χ0v) is 13.6. The number of carbonyl (C=O) groups excluding carboxylic acids is 2. The highest BCUT2D eigenvalue weighted by atomic mass is 16.1. The van der Waals surface area contributed by atoms with Gasteiger partial charge in [0.2, 0.25) is 0 Å². The number of benzene rings is 4. The van der Waals surface area contributed by atoms with E-state index in [-0.39, 0.29) is 12.2 Å². The molecule has 0 aromatic heterocycles. The Morgan fingerprint density at radius 3 is 2.12 bits per heavy atom. The molecule has 0 saturated heterocycles. The lowest BCUT2D eigenvalue weighted by molar-refractivity contribution is 0.0995. The van der Waals surface area contributed by atoms with Crippen LogP contribution in [-0.4, -0.2) is 12.1 Å². The van der Waals surface area contributed by atoms with Crippen LogP contribution in [0, 0.1) is 0 Å².